The van der Waals surface area contributed by atoms with E-state index in [2.05, 4.69) is 22.5 Å². The van der Waals surface area contributed by atoms with Gasteiger partial charge in [-0.3, -0.25) is 19.8 Å². The van der Waals surface area contributed by atoms with Gasteiger partial charge in [0.2, 0.25) is 0 Å². The minimum Gasteiger partial charge on any atom is -0.273 e. The van der Waals surface area contributed by atoms with Crippen molar-refractivity contribution in [2.24, 2.45) is 0 Å². The zero-order valence-electron chi connectivity index (χ0n) is 10.7. The molecule has 0 spiro atoms. The molecule has 0 radical (unpaired) electrons. The van der Waals surface area contributed by atoms with Gasteiger partial charge in [-0.2, -0.15) is 0 Å². The summed E-state index contributed by atoms with van der Waals surface area (Å²) in [6.07, 6.45) is 2.46. The molecule has 0 unspecified atom stereocenters. The lowest BCUT2D eigenvalue weighted by atomic mass is 10.1. The van der Waals surface area contributed by atoms with Crippen LogP contribution in [0.1, 0.15) is 5.56 Å². The summed E-state index contributed by atoms with van der Waals surface area (Å²) in [5.41, 5.74) is -0.246. The average molecular weight is 353 g/mol. The molecule has 21 heavy (non-hydrogen) atoms. The van der Waals surface area contributed by atoms with Gasteiger partial charge in [-0.1, -0.05) is 22.0 Å². The fourth-order valence-electron chi connectivity index (χ4n) is 1.77. The molecule has 0 atom stereocenters. The predicted octanol–water partition coefficient (Wildman–Crippen LogP) is 2.24. The van der Waals surface area contributed by atoms with E-state index >= 15 is 0 Å². The Bertz CT molecular complexity index is 685. The van der Waals surface area contributed by atoms with Crippen LogP contribution in [0.5, 0.6) is 0 Å². The van der Waals surface area contributed by atoms with Crippen LogP contribution in [-0.4, -0.2) is 29.3 Å². The van der Waals surface area contributed by atoms with Gasteiger partial charge in [0.25, 0.3) is 11.8 Å². The van der Waals surface area contributed by atoms with Crippen LogP contribution in [-0.2, 0) is 9.59 Å². The van der Waals surface area contributed by atoms with E-state index in [1.54, 1.807) is 0 Å². The first-order valence-electron chi connectivity index (χ1n) is 5.89. The maximum absolute atomic E-state index is 13.7. The lowest BCUT2D eigenvalue weighted by molar-refractivity contribution is -0.129. The number of urea groups is 1. The summed E-state index contributed by atoms with van der Waals surface area (Å²) >= 11 is 3.18. The van der Waals surface area contributed by atoms with Gasteiger partial charge >= 0.3 is 6.03 Å². The molecule has 5 nitrogen and oxygen atoms in total. The number of benzene rings is 1. The van der Waals surface area contributed by atoms with E-state index in [1.165, 1.54) is 24.3 Å². The molecule has 0 aliphatic carbocycles. The second kappa shape index (κ2) is 6.01. The summed E-state index contributed by atoms with van der Waals surface area (Å²) in [6.45, 7) is 3.39. The number of rotatable bonds is 3. The van der Waals surface area contributed by atoms with Gasteiger partial charge in [-0.05, 0) is 24.3 Å². The molecule has 7 heteroatoms. The molecule has 1 saturated heterocycles. The molecule has 2 rings (SSSR count). The first-order valence-corrected chi connectivity index (χ1v) is 6.68. The fraction of sp³-hybridized carbons (Fsp3) is 0.0714. The van der Waals surface area contributed by atoms with Crippen LogP contribution in [0.25, 0.3) is 6.08 Å². The quantitative estimate of drug-likeness (QED) is 0.515. The Morgan fingerprint density at radius 2 is 2.05 bits per heavy atom. The molecule has 1 aromatic carbocycles. The maximum Gasteiger partial charge on any atom is 0.331 e. The van der Waals surface area contributed by atoms with Gasteiger partial charge in [-0.25, -0.2) is 9.18 Å². The van der Waals surface area contributed by atoms with E-state index in [0.717, 1.165) is 11.0 Å². The van der Waals surface area contributed by atoms with Gasteiger partial charge in [-0.15, -0.1) is 6.58 Å². The van der Waals surface area contributed by atoms with E-state index in [-0.39, 0.29) is 17.7 Å². The van der Waals surface area contributed by atoms with Gasteiger partial charge in [0, 0.05) is 16.6 Å². The first kappa shape index (κ1) is 15.1. The highest BCUT2D eigenvalue weighted by Gasteiger charge is 2.35. The lowest BCUT2D eigenvalue weighted by Crippen LogP contribution is -2.54. The van der Waals surface area contributed by atoms with Crippen LogP contribution in [0.15, 0.2) is 40.9 Å². The van der Waals surface area contributed by atoms with Gasteiger partial charge < -0.3 is 0 Å². The van der Waals surface area contributed by atoms with E-state index in [9.17, 15) is 18.8 Å². The van der Waals surface area contributed by atoms with Gasteiger partial charge in [0.05, 0.1) is 0 Å². The summed E-state index contributed by atoms with van der Waals surface area (Å²) in [4.78, 5) is 36.2. The Hall–Kier alpha value is -2.28. The molecular formula is C14H10BrFN2O3. The molecule has 1 aliphatic heterocycles. The van der Waals surface area contributed by atoms with Crippen LogP contribution < -0.4 is 5.32 Å². The van der Waals surface area contributed by atoms with Crippen molar-refractivity contribution in [3.05, 3.63) is 52.3 Å². The average Bonchev–Trinajstić information content (AvgIpc) is 2.43. The molecule has 0 saturated carbocycles. The molecule has 108 valence electrons. The minimum atomic E-state index is -0.857. The number of nitrogens with zero attached hydrogens (tertiary/aromatic N) is 1. The first-order chi connectivity index (χ1) is 9.93. The van der Waals surface area contributed by atoms with Crippen LogP contribution >= 0.6 is 15.9 Å². The van der Waals surface area contributed by atoms with Crippen molar-refractivity contribution in [3.8, 4) is 0 Å². The molecule has 1 N–H and O–H groups in total. The molecule has 4 amide bonds. The third-order valence-corrected chi connectivity index (χ3v) is 3.25. The molecule has 1 aromatic rings. The molecular weight excluding hydrogens is 343 g/mol. The van der Waals surface area contributed by atoms with E-state index < -0.39 is 23.7 Å². The highest BCUT2D eigenvalue weighted by Crippen LogP contribution is 2.20. The number of amides is 4. The largest absolute Gasteiger partial charge is 0.331 e. The Balaban J connectivity index is 2.45. The normalized spacial score (nSPS) is 17.1. The second-order valence-corrected chi connectivity index (χ2v) is 5.10. The lowest BCUT2D eigenvalue weighted by Gasteiger charge is -2.25. The van der Waals surface area contributed by atoms with Crippen molar-refractivity contribution in [2.75, 3.05) is 6.54 Å². The number of nitrogens with one attached hydrogen (secondary N) is 1. The van der Waals surface area contributed by atoms with Gasteiger partial charge in [0.1, 0.15) is 11.4 Å². The van der Waals surface area contributed by atoms with Crippen molar-refractivity contribution in [2.45, 2.75) is 0 Å². The minimum absolute atomic E-state index is 0.0454. The number of hydrogen-bond donors (Lipinski definition) is 1. The Morgan fingerprint density at radius 3 is 2.71 bits per heavy atom. The topological polar surface area (TPSA) is 66.5 Å². The van der Waals surface area contributed by atoms with Crippen LogP contribution in [0.4, 0.5) is 9.18 Å². The summed E-state index contributed by atoms with van der Waals surface area (Å²) in [5, 5.41) is 2.03. The molecule has 1 heterocycles. The number of barbiturate groups is 1. The second-order valence-electron chi connectivity index (χ2n) is 4.19. The van der Waals surface area contributed by atoms with Crippen molar-refractivity contribution in [1.82, 2.24) is 10.2 Å². The highest BCUT2D eigenvalue weighted by atomic mass is 79.9. The predicted molar refractivity (Wildman–Crippen MR) is 77.5 cm³/mol. The van der Waals surface area contributed by atoms with Crippen molar-refractivity contribution >= 4 is 39.9 Å². The smallest absolute Gasteiger partial charge is 0.273 e. The third-order valence-electron chi connectivity index (χ3n) is 2.76. The molecule has 0 bridgehead atoms. The van der Waals surface area contributed by atoms with Crippen molar-refractivity contribution in [1.29, 1.82) is 0 Å². The number of halogens is 2. The highest BCUT2D eigenvalue weighted by molar-refractivity contribution is 9.10. The third kappa shape index (κ3) is 3.08. The molecule has 1 aliphatic rings. The number of carbonyl (C=O) groups excluding carboxylic acids is 3. The van der Waals surface area contributed by atoms with Crippen molar-refractivity contribution < 1.29 is 18.8 Å². The molecule has 0 aromatic heterocycles. The van der Waals surface area contributed by atoms with Crippen LogP contribution in [0.2, 0.25) is 0 Å². The number of carbonyl (C=O) groups is 3. The summed E-state index contributed by atoms with van der Waals surface area (Å²) in [5.74, 6) is -2.23. The zero-order valence-corrected chi connectivity index (χ0v) is 12.3. The van der Waals surface area contributed by atoms with Gasteiger partial charge in [0.15, 0.2) is 0 Å². The van der Waals surface area contributed by atoms with E-state index in [1.807, 2.05) is 5.32 Å². The number of hydrogen-bond acceptors (Lipinski definition) is 3. The van der Waals surface area contributed by atoms with Crippen LogP contribution in [0, 0.1) is 5.82 Å². The SMILES string of the molecule is C=CCN1C(=O)NC(=O)/C(=C/c2cc(Br)ccc2F)C1=O. The van der Waals surface area contributed by atoms with E-state index in [0.29, 0.717) is 4.47 Å². The number of imide groups is 2. The van der Waals surface area contributed by atoms with Crippen molar-refractivity contribution in [3.63, 3.8) is 0 Å². The Kier molecular flexibility index (Phi) is 4.32. The zero-order chi connectivity index (χ0) is 15.6. The fourth-order valence-corrected chi connectivity index (χ4v) is 2.15. The monoisotopic (exact) mass is 352 g/mol. The van der Waals surface area contributed by atoms with Crippen LogP contribution in [0.3, 0.4) is 0 Å². The summed E-state index contributed by atoms with van der Waals surface area (Å²) in [7, 11) is 0. The summed E-state index contributed by atoms with van der Waals surface area (Å²) in [6, 6.07) is 3.30. The maximum atomic E-state index is 13.7. The summed E-state index contributed by atoms with van der Waals surface area (Å²) < 4.78 is 14.3. The Morgan fingerprint density at radius 1 is 1.33 bits per heavy atom. The Labute approximate surface area is 128 Å². The van der Waals surface area contributed by atoms with E-state index in [4.69, 9.17) is 0 Å². The molecule has 1 fully saturated rings. The standard InChI is InChI=1S/C14H10BrFN2O3/c1-2-5-18-13(20)10(12(19)17-14(18)21)7-8-6-9(15)3-4-11(8)16/h2-4,6-7H,1,5H2,(H,17,19,21)/b10-7-.